The van der Waals surface area contributed by atoms with E-state index in [9.17, 15) is 5.11 Å². The predicted molar refractivity (Wildman–Crippen MR) is 82.7 cm³/mol. The van der Waals surface area contributed by atoms with Gasteiger partial charge in [-0.05, 0) is 61.2 Å². The summed E-state index contributed by atoms with van der Waals surface area (Å²) in [6, 6.07) is 11.4. The summed E-state index contributed by atoms with van der Waals surface area (Å²) in [5, 5.41) is 10.5. The minimum atomic E-state index is -0.413. The first-order valence-electron chi connectivity index (χ1n) is 6.74. The molecule has 0 aliphatic rings. The predicted octanol–water partition coefficient (Wildman–Crippen LogP) is 5.19. The Morgan fingerprint density at radius 2 is 1.60 bits per heavy atom. The lowest BCUT2D eigenvalue weighted by atomic mass is 10.1. The SMILES string of the molecule is CCC(O)c1ccc(Oc2cc(C)c(Cl)c(C)c2)cc1. The van der Waals surface area contributed by atoms with Gasteiger partial charge in [0, 0.05) is 5.02 Å². The number of halogens is 1. The molecule has 106 valence electrons. The lowest BCUT2D eigenvalue weighted by Crippen LogP contribution is -1.94. The van der Waals surface area contributed by atoms with Crippen molar-refractivity contribution in [1.29, 1.82) is 0 Å². The van der Waals surface area contributed by atoms with Crippen LogP contribution in [0.1, 0.15) is 36.1 Å². The minimum absolute atomic E-state index is 0.413. The van der Waals surface area contributed by atoms with E-state index in [-0.39, 0.29) is 0 Å². The maximum atomic E-state index is 9.76. The van der Waals surface area contributed by atoms with Crippen LogP contribution in [0.2, 0.25) is 5.02 Å². The third kappa shape index (κ3) is 3.33. The summed E-state index contributed by atoms with van der Waals surface area (Å²) in [7, 11) is 0. The van der Waals surface area contributed by atoms with E-state index in [0.717, 1.165) is 33.2 Å². The van der Waals surface area contributed by atoms with E-state index in [0.29, 0.717) is 6.42 Å². The maximum Gasteiger partial charge on any atom is 0.128 e. The van der Waals surface area contributed by atoms with Gasteiger partial charge in [0.05, 0.1) is 6.10 Å². The molecule has 0 amide bonds. The van der Waals surface area contributed by atoms with Crippen molar-refractivity contribution in [2.75, 3.05) is 0 Å². The molecule has 0 saturated carbocycles. The highest BCUT2D eigenvalue weighted by Gasteiger charge is 2.07. The topological polar surface area (TPSA) is 29.5 Å². The maximum absolute atomic E-state index is 9.76. The van der Waals surface area contributed by atoms with Crippen LogP contribution >= 0.6 is 11.6 Å². The average Bonchev–Trinajstić information content (AvgIpc) is 2.44. The number of aryl methyl sites for hydroxylation is 2. The average molecular weight is 291 g/mol. The summed E-state index contributed by atoms with van der Waals surface area (Å²) < 4.78 is 5.82. The van der Waals surface area contributed by atoms with Crippen LogP contribution < -0.4 is 4.74 Å². The number of hydrogen-bond acceptors (Lipinski definition) is 2. The van der Waals surface area contributed by atoms with E-state index in [1.165, 1.54) is 0 Å². The Hall–Kier alpha value is -1.51. The molecule has 2 aromatic rings. The fourth-order valence-corrected chi connectivity index (χ4v) is 2.20. The summed E-state index contributed by atoms with van der Waals surface area (Å²) in [6.07, 6.45) is 0.291. The molecule has 1 N–H and O–H groups in total. The number of aliphatic hydroxyl groups is 1. The standard InChI is InChI=1S/C17H19ClO2/c1-4-16(19)13-5-7-14(8-6-13)20-15-9-11(2)17(18)12(3)10-15/h5-10,16,19H,4H2,1-3H3. The molecular formula is C17H19ClO2. The van der Waals surface area contributed by atoms with Gasteiger partial charge in [-0.25, -0.2) is 0 Å². The van der Waals surface area contributed by atoms with Gasteiger partial charge in [-0.15, -0.1) is 0 Å². The molecule has 0 bridgehead atoms. The summed E-state index contributed by atoms with van der Waals surface area (Å²) in [4.78, 5) is 0. The van der Waals surface area contributed by atoms with Gasteiger partial charge in [0.15, 0.2) is 0 Å². The Labute approximate surface area is 125 Å². The van der Waals surface area contributed by atoms with Crippen LogP contribution in [0, 0.1) is 13.8 Å². The van der Waals surface area contributed by atoms with Crippen LogP contribution in [0.5, 0.6) is 11.5 Å². The molecule has 2 rings (SSSR count). The van der Waals surface area contributed by atoms with Crippen molar-refractivity contribution in [2.24, 2.45) is 0 Å². The van der Waals surface area contributed by atoms with Gasteiger partial charge in [0.25, 0.3) is 0 Å². The van der Waals surface area contributed by atoms with Gasteiger partial charge < -0.3 is 9.84 Å². The van der Waals surface area contributed by atoms with Gasteiger partial charge >= 0.3 is 0 Å². The van der Waals surface area contributed by atoms with Gasteiger partial charge in [0.1, 0.15) is 11.5 Å². The zero-order chi connectivity index (χ0) is 14.7. The Morgan fingerprint density at radius 3 is 2.10 bits per heavy atom. The molecule has 0 heterocycles. The third-order valence-corrected chi connectivity index (χ3v) is 3.89. The second kappa shape index (κ2) is 6.29. The first-order valence-corrected chi connectivity index (χ1v) is 7.11. The summed E-state index contributed by atoms with van der Waals surface area (Å²) in [5.74, 6) is 1.52. The van der Waals surface area contributed by atoms with Gasteiger partial charge in [-0.3, -0.25) is 0 Å². The highest BCUT2D eigenvalue weighted by molar-refractivity contribution is 6.32. The second-order valence-corrected chi connectivity index (χ2v) is 5.34. The molecule has 2 nitrogen and oxygen atoms in total. The van der Waals surface area contributed by atoms with Crippen LogP contribution in [0.3, 0.4) is 0 Å². The Bertz CT molecular complexity index is 567. The van der Waals surface area contributed by atoms with Gasteiger partial charge in [-0.2, -0.15) is 0 Å². The number of rotatable bonds is 4. The van der Waals surface area contributed by atoms with Crippen molar-refractivity contribution in [2.45, 2.75) is 33.3 Å². The van der Waals surface area contributed by atoms with Gasteiger partial charge in [-0.1, -0.05) is 30.7 Å². The number of ether oxygens (including phenoxy) is 1. The zero-order valence-corrected chi connectivity index (χ0v) is 12.7. The summed E-state index contributed by atoms with van der Waals surface area (Å²) in [5.41, 5.74) is 2.91. The molecule has 1 unspecified atom stereocenters. The smallest absolute Gasteiger partial charge is 0.128 e. The van der Waals surface area contributed by atoms with Crippen molar-refractivity contribution in [3.8, 4) is 11.5 Å². The molecule has 0 aliphatic carbocycles. The molecule has 0 saturated heterocycles. The van der Waals surface area contributed by atoms with E-state index >= 15 is 0 Å². The first-order chi connectivity index (χ1) is 9.51. The fourth-order valence-electron chi connectivity index (χ4n) is 2.09. The molecule has 0 fully saturated rings. The molecule has 0 spiro atoms. The normalized spacial score (nSPS) is 12.2. The van der Waals surface area contributed by atoms with Crippen LogP contribution in [0.15, 0.2) is 36.4 Å². The van der Waals surface area contributed by atoms with Crippen molar-refractivity contribution >= 4 is 11.6 Å². The molecule has 0 aromatic heterocycles. The number of benzene rings is 2. The van der Waals surface area contributed by atoms with Crippen LogP contribution in [-0.4, -0.2) is 5.11 Å². The van der Waals surface area contributed by atoms with E-state index in [2.05, 4.69) is 0 Å². The largest absolute Gasteiger partial charge is 0.457 e. The van der Waals surface area contributed by atoms with Crippen LogP contribution in [0.25, 0.3) is 0 Å². The Balaban J connectivity index is 2.18. The van der Waals surface area contributed by atoms with E-state index in [1.54, 1.807) is 0 Å². The second-order valence-electron chi connectivity index (χ2n) is 4.97. The van der Waals surface area contributed by atoms with Crippen molar-refractivity contribution < 1.29 is 9.84 Å². The van der Waals surface area contributed by atoms with E-state index in [1.807, 2.05) is 57.2 Å². The molecule has 3 heteroatoms. The monoisotopic (exact) mass is 290 g/mol. The molecule has 0 radical (unpaired) electrons. The third-order valence-electron chi connectivity index (χ3n) is 3.30. The highest BCUT2D eigenvalue weighted by Crippen LogP contribution is 2.29. The molecule has 20 heavy (non-hydrogen) atoms. The molecular weight excluding hydrogens is 272 g/mol. The van der Waals surface area contributed by atoms with E-state index in [4.69, 9.17) is 16.3 Å². The van der Waals surface area contributed by atoms with E-state index < -0.39 is 6.10 Å². The van der Waals surface area contributed by atoms with Crippen molar-refractivity contribution in [3.63, 3.8) is 0 Å². The lowest BCUT2D eigenvalue weighted by Gasteiger charge is -2.11. The van der Waals surface area contributed by atoms with Crippen LogP contribution in [0.4, 0.5) is 0 Å². The quantitative estimate of drug-likeness (QED) is 0.839. The lowest BCUT2D eigenvalue weighted by molar-refractivity contribution is 0.173. The van der Waals surface area contributed by atoms with Crippen molar-refractivity contribution in [1.82, 2.24) is 0 Å². The Morgan fingerprint density at radius 1 is 1.05 bits per heavy atom. The number of hydrogen-bond donors (Lipinski definition) is 1. The molecule has 2 aromatic carbocycles. The summed E-state index contributed by atoms with van der Waals surface area (Å²) in [6.45, 7) is 5.88. The van der Waals surface area contributed by atoms with Gasteiger partial charge in [0.2, 0.25) is 0 Å². The summed E-state index contributed by atoms with van der Waals surface area (Å²) >= 11 is 6.14. The fraction of sp³-hybridized carbons (Fsp3) is 0.294. The number of aliphatic hydroxyl groups excluding tert-OH is 1. The van der Waals surface area contributed by atoms with Crippen LogP contribution in [-0.2, 0) is 0 Å². The van der Waals surface area contributed by atoms with Crippen molar-refractivity contribution in [3.05, 3.63) is 58.1 Å². The minimum Gasteiger partial charge on any atom is -0.457 e. The Kier molecular flexibility index (Phi) is 4.69. The molecule has 0 aliphatic heterocycles. The first kappa shape index (κ1) is 14.9. The molecule has 1 atom stereocenters. The highest BCUT2D eigenvalue weighted by atomic mass is 35.5. The zero-order valence-electron chi connectivity index (χ0n) is 12.0.